The number of hydrogen-bond acceptors (Lipinski definition) is 3. The average Bonchev–Trinajstić information content (AvgIpc) is 2.59. The van der Waals surface area contributed by atoms with Gasteiger partial charge < -0.3 is 0 Å². The molecule has 0 amide bonds. The third-order valence-electron chi connectivity index (χ3n) is 1.60. The molecule has 0 nitrogen and oxygen atoms in total. The lowest BCUT2D eigenvalue weighted by molar-refractivity contribution is 0.996. The normalized spacial score (nSPS) is 26.4. The molecule has 0 atom stereocenters. The van der Waals surface area contributed by atoms with E-state index in [4.69, 9.17) is 0 Å². The lowest BCUT2D eigenvalue weighted by Gasteiger charge is -1.98. The molecule has 0 radical (unpaired) electrons. The first-order valence-electron chi connectivity index (χ1n) is 3.58. The van der Waals surface area contributed by atoms with Crippen LogP contribution in [0, 0.1) is 0 Å². The highest BCUT2D eigenvalue weighted by molar-refractivity contribution is 8.26. The van der Waals surface area contributed by atoms with Crippen LogP contribution in [-0.2, 0) is 0 Å². The second-order valence-electron chi connectivity index (χ2n) is 2.36. The van der Waals surface area contributed by atoms with Gasteiger partial charge in [0.05, 0.1) is 0 Å². The summed E-state index contributed by atoms with van der Waals surface area (Å²) in [5.41, 5.74) is 0. The van der Waals surface area contributed by atoms with Gasteiger partial charge in [-0.05, 0) is 18.6 Å². The summed E-state index contributed by atoms with van der Waals surface area (Å²) in [4.78, 5) is 1.69. The lowest BCUT2D eigenvalue weighted by atomic mass is 10.3. The topological polar surface area (TPSA) is 0 Å². The van der Waals surface area contributed by atoms with E-state index in [1.807, 2.05) is 0 Å². The maximum Gasteiger partial charge on any atom is 0.0497 e. The van der Waals surface area contributed by atoms with Crippen molar-refractivity contribution in [3.63, 3.8) is 0 Å². The van der Waals surface area contributed by atoms with Crippen molar-refractivity contribution in [3.05, 3.63) is 9.14 Å². The minimum Gasteiger partial charge on any atom is -0.129 e. The van der Waals surface area contributed by atoms with E-state index in [-0.39, 0.29) is 0 Å². The second kappa shape index (κ2) is 3.46. The number of allylic oxidation sites excluding steroid dienone is 1. The molecule has 2 rings (SSSR count). The van der Waals surface area contributed by atoms with Gasteiger partial charge in [0.1, 0.15) is 0 Å². The monoisotopic (exact) mass is 190 g/mol. The lowest BCUT2D eigenvalue weighted by Crippen LogP contribution is -1.68. The van der Waals surface area contributed by atoms with Crippen molar-refractivity contribution in [2.24, 2.45) is 0 Å². The van der Waals surface area contributed by atoms with Gasteiger partial charge in [0, 0.05) is 20.6 Å². The highest BCUT2D eigenvalue weighted by atomic mass is 32.2. The van der Waals surface area contributed by atoms with E-state index < -0.39 is 0 Å². The summed E-state index contributed by atoms with van der Waals surface area (Å²) in [5.74, 6) is 4.04. The molecule has 0 aromatic carbocycles. The van der Waals surface area contributed by atoms with Crippen LogP contribution in [0.1, 0.15) is 12.8 Å². The molecule has 2 aliphatic rings. The standard InChI is InChI=1S/C7H10S3/c1-2-6(8-3-1)7-9-4-5-10-7/h1-5H2. The fraction of sp³-hybridized carbons (Fsp3) is 0.714. The van der Waals surface area contributed by atoms with Crippen LogP contribution >= 0.6 is 35.3 Å². The zero-order valence-electron chi connectivity index (χ0n) is 5.76. The molecule has 10 heavy (non-hydrogen) atoms. The summed E-state index contributed by atoms with van der Waals surface area (Å²) in [7, 11) is 0. The van der Waals surface area contributed by atoms with Crippen molar-refractivity contribution >= 4 is 35.3 Å². The van der Waals surface area contributed by atoms with Gasteiger partial charge in [0.2, 0.25) is 0 Å². The van der Waals surface area contributed by atoms with Gasteiger partial charge in [-0.25, -0.2) is 0 Å². The van der Waals surface area contributed by atoms with Crippen molar-refractivity contribution in [2.45, 2.75) is 12.8 Å². The highest BCUT2D eigenvalue weighted by Gasteiger charge is 2.17. The molecule has 0 aliphatic carbocycles. The van der Waals surface area contributed by atoms with Gasteiger partial charge in [0.15, 0.2) is 0 Å². The molecule has 2 aliphatic heterocycles. The van der Waals surface area contributed by atoms with Crippen LogP contribution in [0.15, 0.2) is 9.14 Å². The zero-order valence-corrected chi connectivity index (χ0v) is 8.21. The average molecular weight is 190 g/mol. The van der Waals surface area contributed by atoms with Crippen molar-refractivity contribution in [1.82, 2.24) is 0 Å². The van der Waals surface area contributed by atoms with Crippen LogP contribution < -0.4 is 0 Å². The molecule has 0 N–H and O–H groups in total. The summed E-state index contributed by atoms with van der Waals surface area (Å²) in [6.45, 7) is 0. The third-order valence-corrected chi connectivity index (χ3v) is 5.91. The molecule has 0 bridgehead atoms. The Morgan fingerprint density at radius 1 is 0.900 bits per heavy atom. The Bertz CT molecular complexity index is 128. The molecular formula is C7H10S3. The molecule has 0 unspecified atom stereocenters. The van der Waals surface area contributed by atoms with Crippen LogP contribution in [0.5, 0.6) is 0 Å². The maximum atomic E-state index is 2.08. The van der Waals surface area contributed by atoms with E-state index in [1.54, 1.807) is 9.14 Å². The van der Waals surface area contributed by atoms with Crippen LogP contribution in [0.2, 0.25) is 0 Å². The fourth-order valence-electron chi connectivity index (χ4n) is 1.13. The molecule has 56 valence electrons. The predicted molar refractivity (Wildman–Crippen MR) is 53.6 cm³/mol. The predicted octanol–water partition coefficient (Wildman–Crippen LogP) is 3.16. The van der Waals surface area contributed by atoms with Gasteiger partial charge in [-0.15, -0.1) is 35.3 Å². The summed E-state index contributed by atoms with van der Waals surface area (Å²) >= 11 is 6.20. The van der Waals surface area contributed by atoms with Gasteiger partial charge >= 0.3 is 0 Å². The van der Waals surface area contributed by atoms with Crippen molar-refractivity contribution in [2.75, 3.05) is 17.3 Å². The minimum atomic E-state index is 1.34. The van der Waals surface area contributed by atoms with E-state index in [2.05, 4.69) is 35.3 Å². The molecule has 0 saturated carbocycles. The number of rotatable bonds is 0. The summed E-state index contributed by atoms with van der Waals surface area (Å²) < 4.78 is 1.64. The molecule has 0 aromatic heterocycles. The Morgan fingerprint density at radius 2 is 1.70 bits per heavy atom. The zero-order chi connectivity index (χ0) is 6.81. The quantitative estimate of drug-likeness (QED) is 0.576. The van der Waals surface area contributed by atoms with Crippen LogP contribution in [-0.4, -0.2) is 17.3 Å². The number of thioether (sulfide) groups is 3. The Labute approximate surface area is 74.6 Å². The summed E-state index contributed by atoms with van der Waals surface area (Å²) in [5, 5.41) is 0. The molecular weight excluding hydrogens is 180 g/mol. The smallest absolute Gasteiger partial charge is 0.0497 e. The van der Waals surface area contributed by atoms with Gasteiger partial charge in [-0.3, -0.25) is 0 Å². The minimum absolute atomic E-state index is 1.34. The van der Waals surface area contributed by atoms with Crippen molar-refractivity contribution < 1.29 is 0 Å². The maximum absolute atomic E-state index is 2.08. The third kappa shape index (κ3) is 1.51. The first kappa shape index (κ1) is 7.44. The molecule has 2 heterocycles. The molecule has 0 spiro atoms. The van der Waals surface area contributed by atoms with Crippen molar-refractivity contribution in [1.29, 1.82) is 0 Å². The highest BCUT2D eigenvalue weighted by Crippen LogP contribution is 2.45. The first-order chi connectivity index (χ1) is 4.97. The van der Waals surface area contributed by atoms with E-state index in [0.29, 0.717) is 0 Å². The Hall–Kier alpha value is 0.790. The Balaban J connectivity index is 2.10. The van der Waals surface area contributed by atoms with Crippen LogP contribution in [0.25, 0.3) is 0 Å². The summed E-state index contributed by atoms with van der Waals surface area (Å²) in [6.07, 6.45) is 2.77. The molecule has 3 heteroatoms. The van der Waals surface area contributed by atoms with Crippen LogP contribution in [0.4, 0.5) is 0 Å². The van der Waals surface area contributed by atoms with Gasteiger partial charge in [-0.1, -0.05) is 0 Å². The van der Waals surface area contributed by atoms with E-state index in [9.17, 15) is 0 Å². The number of hydrogen-bond donors (Lipinski definition) is 0. The van der Waals surface area contributed by atoms with Crippen LogP contribution in [0.3, 0.4) is 0 Å². The first-order valence-corrected chi connectivity index (χ1v) is 6.54. The molecule has 2 fully saturated rings. The van der Waals surface area contributed by atoms with Gasteiger partial charge in [0.25, 0.3) is 0 Å². The van der Waals surface area contributed by atoms with E-state index >= 15 is 0 Å². The Morgan fingerprint density at radius 3 is 2.30 bits per heavy atom. The summed E-state index contributed by atoms with van der Waals surface area (Å²) in [6, 6.07) is 0. The van der Waals surface area contributed by atoms with Crippen molar-refractivity contribution in [3.8, 4) is 0 Å². The SMILES string of the molecule is C1CSC(=C2SCCS2)C1. The fourth-order valence-corrected chi connectivity index (χ4v) is 5.18. The molecule has 2 saturated heterocycles. The largest absolute Gasteiger partial charge is 0.129 e. The molecule has 0 aromatic rings. The second-order valence-corrected chi connectivity index (χ2v) is 6.02. The van der Waals surface area contributed by atoms with E-state index in [0.717, 1.165) is 0 Å². The van der Waals surface area contributed by atoms with Gasteiger partial charge in [-0.2, -0.15) is 0 Å². The van der Waals surface area contributed by atoms with E-state index in [1.165, 1.54) is 30.1 Å². The Kier molecular flexibility index (Phi) is 2.57.